The van der Waals surface area contributed by atoms with Crippen molar-refractivity contribution in [2.45, 2.75) is 46.9 Å². The van der Waals surface area contributed by atoms with Crippen LogP contribution in [0.2, 0.25) is 0 Å². The lowest BCUT2D eigenvalue weighted by Gasteiger charge is -2.45. The molecule has 0 aromatic heterocycles. The molecule has 6 heteroatoms. The van der Waals surface area contributed by atoms with Crippen LogP contribution in [0.4, 0.5) is 0 Å². The maximum absolute atomic E-state index is 9.90. The van der Waals surface area contributed by atoms with Crippen LogP contribution in [0.15, 0.2) is 0 Å². The molecular weight excluding hydrogens is 316 g/mol. The van der Waals surface area contributed by atoms with Gasteiger partial charge in [0.15, 0.2) is 0 Å². The largest absolute Gasteiger partial charge is 0.394 e. The molecule has 2 N–H and O–H groups in total. The van der Waals surface area contributed by atoms with Crippen molar-refractivity contribution in [1.82, 2.24) is 0 Å². The summed E-state index contributed by atoms with van der Waals surface area (Å²) in [6.45, 7) is 2.15. The molecule has 0 radical (unpaired) electrons. The fraction of sp³-hybridized carbons (Fsp3) is 1.00. The summed E-state index contributed by atoms with van der Waals surface area (Å²) in [5.41, 5.74) is 0. The van der Waals surface area contributed by atoms with E-state index in [9.17, 15) is 10.2 Å². The van der Waals surface area contributed by atoms with Crippen molar-refractivity contribution in [2.24, 2.45) is 0 Å². The van der Waals surface area contributed by atoms with E-state index in [1.807, 2.05) is 54.0 Å². The minimum atomic E-state index is -0.257. The monoisotopic (exact) mass is 340 g/mol. The highest BCUT2D eigenvalue weighted by Gasteiger charge is 2.45. The molecule has 2 nitrogen and oxygen atoms in total. The predicted octanol–water partition coefficient (Wildman–Crippen LogP) is 3.27. The van der Waals surface area contributed by atoms with Crippen LogP contribution in [0.25, 0.3) is 0 Å². The zero-order valence-electron chi connectivity index (χ0n) is 11.5. The molecule has 2 saturated heterocycles. The maximum Gasteiger partial charge on any atom is 0.0861 e. The van der Waals surface area contributed by atoms with Crippen LogP contribution in [0.3, 0.4) is 0 Å². The van der Waals surface area contributed by atoms with Gasteiger partial charge < -0.3 is 10.2 Å². The first-order chi connectivity index (χ1) is 9.10. The first-order valence-corrected chi connectivity index (χ1v) is 10.9. The summed E-state index contributed by atoms with van der Waals surface area (Å²) in [5.74, 6) is 4.70. The highest BCUT2D eigenvalue weighted by Crippen LogP contribution is 2.56. The van der Waals surface area contributed by atoms with E-state index in [2.05, 4.69) is 0 Å². The van der Waals surface area contributed by atoms with E-state index in [1.165, 1.54) is 24.3 Å². The molecule has 0 unspecified atom stereocenters. The normalized spacial score (nSPS) is 27.9. The van der Waals surface area contributed by atoms with E-state index in [1.54, 1.807) is 0 Å². The van der Waals surface area contributed by atoms with Crippen molar-refractivity contribution in [3.63, 3.8) is 0 Å². The summed E-state index contributed by atoms with van der Waals surface area (Å²) in [7, 11) is 0. The van der Waals surface area contributed by atoms with Crippen LogP contribution in [0, 0.1) is 0 Å². The van der Waals surface area contributed by atoms with Crippen molar-refractivity contribution in [2.75, 3.05) is 29.6 Å². The first kappa shape index (κ1) is 16.7. The van der Waals surface area contributed by atoms with Gasteiger partial charge in [-0.15, -0.1) is 47.0 Å². The quantitative estimate of drug-likeness (QED) is 0.800. The van der Waals surface area contributed by atoms with Gasteiger partial charge in [0.25, 0.3) is 0 Å². The minimum Gasteiger partial charge on any atom is -0.394 e. The second kappa shape index (κ2) is 7.54. The van der Waals surface area contributed by atoms with Crippen LogP contribution in [0.5, 0.6) is 0 Å². The molecule has 0 amide bonds. The summed E-state index contributed by atoms with van der Waals surface area (Å²) in [5, 5.41) is 19.8. The van der Waals surface area contributed by atoms with Gasteiger partial charge in [-0.3, -0.25) is 0 Å². The lowest BCUT2D eigenvalue weighted by atomic mass is 10.1. The third kappa shape index (κ3) is 4.65. The minimum absolute atomic E-state index is 0.0372. The van der Waals surface area contributed by atoms with Gasteiger partial charge in [0.1, 0.15) is 0 Å². The Bertz CT molecular complexity index is 274. The molecule has 2 aliphatic rings. The Morgan fingerprint density at radius 1 is 0.947 bits per heavy atom. The maximum atomic E-state index is 9.90. The Labute approximate surface area is 133 Å². The average molecular weight is 341 g/mol. The van der Waals surface area contributed by atoms with Gasteiger partial charge in [-0.05, 0) is 55.6 Å². The molecule has 0 aromatic rings. The summed E-state index contributed by atoms with van der Waals surface area (Å²) in [6, 6.07) is 0. The Kier molecular flexibility index (Phi) is 6.62. The van der Waals surface area contributed by atoms with E-state index < -0.39 is 0 Å². The fourth-order valence-electron chi connectivity index (χ4n) is 2.64. The SMILES string of the molecule is C[C@H](O)CC1(CC2(CO)SCCCS2)SCCCS1. The molecule has 2 aliphatic heterocycles. The lowest BCUT2D eigenvalue weighted by Crippen LogP contribution is -2.41. The Morgan fingerprint density at radius 2 is 1.42 bits per heavy atom. The number of hydrogen-bond acceptors (Lipinski definition) is 6. The molecule has 0 saturated carbocycles. The second-order valence-corrected chi connectivity index (χ2v) is 11.7. The standard InChI is InChI=1S/C13H24O2S4/c1-11(15)8-12(16-4-2-5-17-12)9-13(10-14)18-6-3-7-19-13/h11,14-15H,2-10H2,1H3/t11-/m0/s1. The average Bonchev–Trinajstić information content (AvgIpc) is 2.39. The van der Waals surface area contributed by atoms with Gasteiger partial charge in [-0.2, -0.15) is 0 Å². The van der Waals surface area contributed by atoms with Crippen molar-refractivity contribution in [3.8, 4) is 0 Å². The number of hydrogen-bond donors (Lipinski definition) is 2. The van der Waals surface area contributed by atoms with Crippen LogP contribution in [-0.4, -0.2) is 54.1 Å². The van der Waals surface area contributed by atoms with Crippen LogP contribution in [0.1, 0.15) is 32.6 Å². The highest BCUT2D eigenvalue weighted by atomic mass is 32.2. The smallest absolute Gasteiger partial charge is 0.0861 e. The lowest BCUT2D eigenvalue weighted by molar-refractivity contribution is 0.176. The van der Waals surface area contributed by atoms with Gasteiger partial charge in [0, 0.05) is 0 Å². The summed E-state index contributed by atoms with van der Waals surface area (Å²) < 4.78 is 0.0664. The van der Waals surface area contributed by atoms with E-state index in [4.69, 9.17) is 0 Å². The molecule has 0 spiro atoms. The first-order valence-electron chi connectivity index (χ1n) is 6.95. The van der Waals surface area contributed by atoms with Gasteiger partial charge in [0.05, 0.1) is 20.9 Å². The molecule has 19 heavy (non-hydrogen) atoms. The number of aliphatic hydroxyl groups excluding tert-OH is 2. The van der Waals surface area contributed by atoms with Crippen LogP contribution >= 0.6 is 47.0 Å². The van der Waals surface area contributed by atoms with E-state index in [0.717, 1.165) is 24.3 Å². The van der Waals surface area contributed by atoms with Crippen molar-refractivity contribution in [3.05, 3.63) is 0 Å². The zero-order chi connectivity index (χ0) is 13.8. The molecule has 0 aromatic carbocycles. The van der Waals surface area contributed by atoms with Gasteiger partial charge in [-0.25, -0.2) is 0 Å². The van der Waals surface area contributed by atoms with Crippen LogP contribution in [-0.2, 0) is 0 Å². The van der Waals surface area contributed by atoms with Crippen molar-refractivity contribution >= 4 is 47.0 Å². The Hall–Kier alpha value is 1.32. The number of rotatable bonds is 5. The Morgan fingerprint density at radius 3 is 1.84 bits per heavy atom. The third-order valence-electron chi connectivity index (χ3n) is 3.42. The second-order valence-electron chi connectivity index (χ2n) is 5.31. The number of aliphatic hydroxyl groups is 2. The molecule has 2 heterocycles. The summed E-state index contributed by atoms with van der Waals surface area (Å²) in [6.07, 6.45) is 4.11. The van der Waals surface area contributed by atoms with E-state index in [-0.39, 0.29) is 20.9 Å². The van der Waals surface area contributed by atoms with Crippen molar-refractivity contribution < 1.29 is 10.2 Å². The zero-order valence-corrected chi connectivity index (χ0v) is 14.7. The van der Waals surface area contributed by atoms with Gasteiger partial charge in [-0.1, -0.05) is 0 Å². The molecule has 2 rings (SSSR count). The molecule has 0 aliphatic carbocycles. The van der Waals surface area contributed by atoms with Crippen LogP contribution < -0.4 is 0 Å². The van der Waals surface area contributed by atoms with E-state index >= 15 is 0 Å². The predicted molar refractivity (Wildman–Crippen MR) is 92.5 cm³/mol. The number of thioether (sulfide) groups is 4. The molecule has 0 bridgehead atoms. The van der Waals surface area contributed by atoms with Gasteiger partial charge in [0.2, 0.25) is 0 Å². The fourth-order valence-corrected chi connectivity index (χ4v) is 9.97. The highest BCUT2D eigenvalue weighted by molar-refractivity contribution is 8.20. The Balaban J connectivity index is 2.08. The molecular formula is C13H24O2S4. The third-order valence-corrected chi connectivity index (χ3v) is 10.1. The molecule has 1 atom stereocenters. The van der Waals surface area contributed by atoms with Crippen molar-refractivity contribution in [1.29, 1.82) is 0 Å². The molecule has 112 valence electrons. The topological polar surface area (TPSA) is 40.5 Å². The van der Waals surface area contributed by atoms with Gasteiger partial charge >= 0.3 is 0 Å². The van der Waals surface area contributed by atoms with E-state index in [0.29, 0.717) is 0 Å². The molecule has 2 fully saturated rings. The summed E-state index contributed by atoms with van der Waals surface area (Å²) >= 11 is 7.89. The summed E-state index contributed by atoms with van der Waals surface area (Å²) in [4.78, 5) is 0.